The van der Waals surface area contributed by atoms with Gasteiger partial charge in [-0.3, -0.25) is 0 Å². The summed E-state index contributed by atoms with van der Waals surface area (Å²) in [5.74, 6) is 0.907. The second kappa shape index (κ2) is 6.18. The molecule has 0 aromatic heterocycles. The molecule has 23 heavy (non-hydrogen) atoms. The van der Waals surface area contributed by atoms with E-state index in [-0.39, 0.29) is 6.61 Å². The summed E-state index contributed by atoms with van der Waals surface area (Å²) in [5.41, 5.74) is 1.03. The van der Waals surface area contributed by atoms with E-state index in [0.717, 1.165) is 16.7 Å². The first kappa shape index (κ1) is 15.8. The molecule has 118 valence electrons. The summed E-state index contributed by atoms with van der Waals surface area (Å²) in [6.45, 7) is 4.77. The number of aliphatic hydroxyl groups excluding tert-OH is 1. The van der Waals surface area contributed by atoms with Crippen molar-refractivity contribution in [3.05, 3.63) is 66.2 Å². The third-order valence-corrected chi connectivity index (χ3v) is 8.26. The fourth-order valence-electron chi connectivity index (χ4n) is 3.41. The molecule has 1 N–H and O–H groups in total. The molecular formula is C20H22O2Si. The van der Waals surface area contributed by atoms with Crippen molar-refractivity contribution in [3.63, 3.8) is 0 Å². The molecule has 3 heteroatoms. The standard InChI is InChI=1S/C20H22O2Si/c1-22-18-12-13-20(17-10-6-5-9-16(17)18)23(2,3)19-11-7-4-8-15(19)14-21/h4-13,21H,14H2,1-3H3. The Kier molecular flexibility index (Phi) is 4.24. The zero-order chi connectivity index (χ0) is 16.4. The van der Waals surface area contributed by atoms with Crippen LogP contribution in [0.1, 0.15) is 5.56 Å². The molecule has 0 aliphatic rings. The van der Waals surface area contributed by atoms with Crippen LogP contribution >= 0.6 is 0 Å². The van der Waals surface area contributed by atoms with Crippen molar-refractivity contribution in [2.45, 2.75) is 19.7 Å². The number of hydrogen-bond donors (Lipinski definition) is 1. The normalized spacial score (nSPS) is 11.7. The average molecular weight is 322 g/mol. The molecule has 0 unspecified atom stereocenters. The van der Waals surface area contributed by atoms with Gasteiger partial charge in [-0.15, -0.1) is 0 Å². The topological polar surface area (TPSA) is 29.5 Å². The van der Waals surface area contributed by atoms with Crippen molar-refractivity contribution in [2.24, 2.45) is 0 Å². The van der Waals surface area contributed by atoms with Gasteiger partial charge in [0.2, 0.25) is 0 Å². The molecule has 0 fully saturated rings. The van der Waals surface area contributed by atoms with E-state index in [0.29, 0.717) is 0 Å². The summed E-state index contributed by atoms with van der Waals surface area (Å²) >= 11 is 0. The highest BCUT2D eigenvalue weighted by Gasteiger charge is 2.30. The molecule has 0 saturated carbocycles. The maximum Gasteiger partial charge on any atom is 0.126 e. The summed E-state index contributed by atoms with van der Waals surface area (Å²) in [6.07, 6.45) is 0. The summed E-state index contributed by atoms with van der Waals surface area (Å²) in [4.78, 5) is 0. The molecule has 0 heterocycles. The van der Waals surface area contributed by atoms with E-state index < -0.39 is 8.07 Å². The molecule has 0 bridgehead atoms. The number of fused-ring (bicyclic) bond motifs is 1. The van der Waals surface area contributed by atoms with E-state index in [9.17, 15) is 5.11 Å². The zero-order valence-corrected chi connectivity index (χ0v) is 14.8. The average Bonchev–Trinajstić information content (AvgIpc) is 2.60. The molecule has 3 rings (SSSR count). The fraction of sp³-hybridized carbons (Fsp3) is 0.200. The first-order valence-electron chi connectivity index (χ1n) is 7.85. The molecule has 0 atom stereocenters. The van der Waals surface area contributed by atoms with Gasteiger partial charge in [-0.2, -0.15) is 0 Å². The highest BCUT2D eigenvalue weighted by Crippen LogP contribution is 2.26. The van der Waals surface area contributed by atoms with Gasteiger partial charge in [0.1, 0.15) is 13.8 Å². The largest absolute Gasteiger partial charge is 0.496 e. The van der Waals surface area contributed by atoms with Gasteiger partial charge in [-0.25, -0.2) is 0 Å². The minimum absolute atomic E-state index is 0.0840. The number of methoxy groups -OCH3 is 1. The number of ether oxygens (including phenoxy) is 1. The fourth-order valence-corrected chi connectivity index (χ4v) is 6.57. The van der Waals surface area contributed by atoms with Crippen LogP contribution in [0.3, 0.4) is 0 Å². The van der Waals surface area contributed by atoms with Gasteiger partial charge in [0.25, 0.3) is 0 Å². The lowest BCUT2D eigenvalue weighted by atomic mass is 10.1. The van der Waals surface area contributed by atoms with Crippen LogP contribution in [-0.4, -0.2) is 20.3 Å². The van der Waals surface area contributed by atoms with E-state index in [1.54, 1.807) is 7.11 Å². The van der Waals surface area contributed by atoms with Gasteiger partial charge in [0.15, 0.2) is 0 Å². The van der Waals surface area contributed by atoms with Gasteiger partial charge in [0.05, 0.1) is 13.7 Å². The van der Waals surface area contributed by atoms with Crippen molar-refractivity contribution in [2.75, 3.05) is 7.11 Å². The number of aliphatic hydroxyl groups is 1. The number of rotatable bonds is 4. The summed E-state index contributed by atoms with van der Waals surface area (Å²) in [6, 6.07) is 20.9. The van der Waals surface area contributed by atoms with Crippen LogP contribution < -0.4 is 15.1 Å². The lowest BCUT2D eigenvalue weighted by molar-refractivity contribution is 0.283. The summed E-state index contributed by atoms with van der Waals surface area (Å²) in [5, 5.41) is 14.8. The van der Waals surface area contributed by atoms with Crippen LogP contribution in [-0.2, 0) is 6.61 Å². The highest BCUT2D eigenvalue weighted by atomic mass is 28.3. The lowest BCUT2D eigenvalue weighted by Gasteiger charge is -2.28. The van der Waals surface area contributed by atoms with Crippen molar-refractivity contribution < 1.29 is 9.84 Å². The van der Waals surface area contributed by atoms with Crippen molar-refractivity contribution >= 4 is 29.2 Å². The Labute approximate surface area is 138 Å². The van der Waals surface area contributed by atoms with Gasteiger partial charge in [0, 0.05) is 5.39 Å². The quantitative estimate of drug-likeness (QED) is 0.748. The maximum atomic E-state index is 9.73. The summed E-state index contributed by atoms with van der Waals surface area (Å²) < 4.78 is 5.52. The smallest absolute Gasteiger partial charge is 0.126 e. The van der Waals surface area contributed by atoms with Crippen molar-refractivity contribution in [3.8, 4) is 5.75 Å². The maximum absolute atomic E-state index is 9.73. The van der Waals surface area contributed by atoms with Crippen LogP contribution in [0, 0.1) is 0 Å². The third-order valence-electron chi connectivity index (χ3n) is 4.64. The number of hydrogen-bond acceptors (Lipinski definition) is 2. The molecule has 0 saturated heterocycles. The second-order valence-electron chi connectivity index (χ2n) is 6.30. The highest BCUT2D eigenvalue weighted by molar-refractivity contribution is 7.02. The van der Waals surface area contributed by atoms with Gasteiger partial charge < -0.3 is 9.84 Å². The molecule has 0 amide bonds. The second-order valence-corrected chi connectivity index (χ2v) is 10.6. The summed E-state index contributed by atoms with van der Waals surface area (Å²) in [7, 11) is -0.223. The molecule has 0 aliphatic heterocycles. The van der Waals surface area contributed by atoms with E-state index in [2.05, 4.69) is 55.6 Å². The molecule has 2 nitrogen and oxygen atoms in total. The number of benzene rings is 3. The van der Waals surface area contributed by atoms with Gasteiger partial charge in [-0.05, 0) is 27.4 Å². The minimum Gasteiger partial charge on any atom is -0.496 e. The first-order chi connectivity index (χ1) is 11.1. The lowest BCUT2D eigenvalue weighted by Crippen LogP contribution is -2.54. The van der Waals surface area contributed by atoms with E-state index in [1.165, 1.54) is 15.8 Å². The van der Waals surface area contributed by atoms with Crippen LogP contribution in [0.4, 0.5) is 0 Å². The Bertz CT molecular complexity index is 840. The van der Waals surface area contributed by atoms with E-state index >= 15 is 0 Å². The Balaban J connectivity index is 2.27. The van der Waals surface area contributed by atoms with Gasteiger partial charge >= 0.3 is 0 Å². The van der Waals surface area contributed by atoms with Crippen LogP contribution in [0.5, 0.6) is 5.75 Å². The van der Waals surface area contributed by atoms with E-state index in [1.807, 2.05) is 18.2 Å². The van der Waals surface area contributed by atoms with Crippen molar-refractivity contribution in [1.82, 2.24) is 0 Å². The van der Waals surface area contributed by atoms with Crippen molar-refractivity contribution in [1.29, 1.82) is 0 Å². The van der Waals surface area contributed by atoms with Crippen LogP contribution in [0.15, 0.2) is 60.7 Å². The Morgan fingerprint density at radius 1 is 0.826 bits per heavy atom. The minimum atomic E-state index is -1.94. The molecule has 0 radical (unpaired) electrons. The Morgan fingerprint density at radius 2 is 1.48 bits per heavy atom. The van der Waals surface area contributed by atoms with Gasteiger partial charge in [-0.1, -0.05) is 67.7 Å². The molecule has 3 aromatic rings. The zero-order valence-electron chi connectivity index (χ0n) is 13.8. The van der Waals surface area contributed by atoms with Crippen LogP contribution in [0.25, 0.3) is 10.8 Å². The SMILES string of the molecule is COc1ccc([Si](C)(C)c2ccccc2CO)c2ccccc12. The third kappa shape index (κ3) is 2.67. The van der Waals surface area contributed by atoms with Crippen LogP contribution in [0.2, 0.25) is 13.1 Å². The Hall–Kier alpha value is -2.10. The van der Waals surface area contributed by atoms with E-state index in [4.69, 9.17) is 4.74 Å². The molecular weight excluding hydrogens is 300 g/mol. The molecule has 3 aromatic carbocycles. The Morgan fingerprint density at radius 3 is 2.17 bits per heavy atom. The predicted molar refractivity (Wildman–Crippen MR) is 99.6 cm³/mol. The predicted octanol–water partition coefficient (Wildman–Crippen LogP) is 3.16. The molecule has 0 aliphatic carbocycles. The molecule has 0 spiro atoms. The first-order valence-corrected chi connectivity index (χ1v) is 10.8. The monoisotopic (exact) mass is 322 g/mol.